The van der Waals surface area contributed by atoms with Gasteiger partial charge in [-0.1, -0.05) is 170 Å². The van der Waals surface area contributed by atoms with Crippen LogP contribution in [0.1, 0.15) is 22.3 Å². The molecule has 258 valence electrons. The highest BCUT2D eigenvalue weighted by Gasteiger charge is 2.45. The Morgan fingerprint density at radius 3 is 1.69 bits per heavy atom. The first-order valence-corrected chi connectivity index (χ1v) is 18.8. The average molecular weight is 703 g/mol. The fourth-order valence-electron chi connectivity index (χ4n) is 8.86. The van der Waals surface area contributed by atoms with Crippen LogP contribution in [-0.2, 0) is 5.41 Å². The molecule has 2 heterocycles. The third-order valence-electron chi connectivity index (χ3n) is 11.4. The Balaban J connectivity index is 0.981. The van der Waals surface area contributed by atoms with Gasteiger partial charge in [0.1, 0.15) is 22.7 Å². The van der Waals surface area contributed by atoms with E-state index >= 15 is 0 Å². The molecule has 9 aromatic carbocycles. The van der Waals surface area contributed by atoms with Crippen LogP contribution in [0.25, 0.3) is 66.1 Å². The zero-order valence-electron chi connectivity index (χ0n) is 29.9. The Kier molecular flexibility index (Phi) is 7.11. The van der Waals surface area contributed by atoms with E-state index in [2.05, 4.69) is 206 Å². The summed E-state index contributed by atoms with van der Waals surface area (Å²) in [6, 6.07) is 73.8. The Morgan fingerprint density at radius 1 is 0.345 bits per heavy atom. The Bertz CT molecular complexity index is 3010. The van der Waals surface area contributed by atoms with Crippen molar-refractivity contribution in [3.8, 4) is 44.9 Å². The minimum Gasteiger partial charge on any atom is -0.457 e. The molecular formula is C53H34O2. The van der Waals surface area contributed by atoms with E-state index in [0.717, 1.165) is 72.4 Å². The monoisotopic (exact) mass is 702 g/mol. The number of benzene rings is 9. The van der Waals surface area contributed by atoms with Crippen molar-refractivity contribution in [3.63, 3.8) is 0 Å². The molecule has 2 heteroatoms. The third kappa shape index (κ3) is 4.96. The normalized spacial score (nSPS) is 13.0. The quantitative estimate of drug-likeness (QED) is 0.178. The lowest BCUT2D eigenvalue weighted by atomic mass is 9.63. The van der Waals surface area contributed by atoms with Gasteiger partial charge in [0.15, 0.2) is 0 Å². The molecule has 11 rings (SSSR count). The van der Waals surface area contributed by atoms with Gasteiger partial charge in [-0.05, 0) is 91.7 Å². The van der Waals surface area contributed by atoms with Crippen molar-refractivity contribution in [1.82, 2.24) is 0 Å². The van der Waals surface area contributed by atoms with E-state index in [4.69, 9.17) is 9.15 Å². The molecule has 0 bridgehead atoms. The fraction of sp³-hybridized carbons (Fsp3) is 0.0189. The summed E-state index contributed by atoms with van der Waals surface area (Å²) in [5.41, 5.74) is 12.9. The fourth-order valence-corrected chi connectivity index (χ4v) is 8.86. The molecule has 0 N–H and O–H groups in total. The van der Waals surface area contributed by atoms with Gasteiger partial charge in [-0.25, -0.2) is 0 Å². The molecule has 0 atom stereocenters. The summed E-state index contributed by atoms with van der Waals surface area (Å²) < 4.78 is 13.1. The molecule has 0 saturated heterocycles. The second kappa shape index (κ2) is 12.5. The van der Waals surface area contributed by atoms with Crippen LogP contribution < -0.4 is 4.74 Å². The number of fused-ring (bicyclic) bond motifs is 6. The largest absolute Gasteiger partial charge is 0.457 e. The molecule has 0 fully saturated rings. The smallest absolute Gasteiger partial charge is 0.136 e. The Hall–Kier alpha value is -7.16. The molecule has 10 aromatic rings. The molecule has 0 saturated carbocycles. The highest BCUT2D eigenvalue weighted by molar-refractivity contribution is 6.15. The molecule has 1 aliphatic heterocycles. The first kappa shape index (κ1) is 31.4. The molecule has 1 aromatic heterocycles. The highest BCUT2D eigenvalue weighted by atomic mass is 16.5. The van der Waals surface area contributed by atoms with Gasteiger partial charge >= 0.3 is 0 Å². The van der Waals surface area contributed by atoms with Crippen molar-refractivity contribution in [2.45, 2.75) is 5.41 Å². The minimum atomic E-state index is -0.532. The minimum absolute atomic E-state index is 0.532. The maximum absolute atomic E-state index is 6.77. The van der Waals surface area contributed by atoms with Crippen LogP contribution >= 0.6 is 0 Å². The van der Waals surface area contributed by atoms with Gasteiger partial charge in [-0.2, -0.15) is 0 Å². The van der Waals surface area contributed by atoms with Crippen LogP contribution in [0.4, 0.5) is 0 Å². The summed E-state index contributed by atoms with van der Waals surface area (Å²) in [7, 11) is 0. The highest BCUT2D eigenvalue weighted by Crippen LogP contribution is 2.55. The number of rotatable bonds is 5. The van der Waals surface area contributed by atoms with Crippen LogP contribution in [0.2, 0.25) is 0 Å². The maximum atomic E-state index is 6.77. The second-order valence-corrected chi connectivity index (χ2v) is 14.4. The first-order valence-electron chi connectivity index (χ1n) is 18.8. The molecule has 0 spiro atoms. The van der Waals surface area contributed by atoms with Gasteiger partial charge in [0.2, 0.25) is 0 Å². The van der Waals surface area contributed by atoms with Crippen LogP contribution in [0, 0.1) is 0 Å². The van der Waals surface area contributed by atoms with Gasteiger partial charge in [0.25, 0.3) is 0 Å². The van der Waals surface area contributed by atoms with E-state index in [0.29, 0.717) is 0 Å². The second-order valence-electron chi connectivity index (χ2n) is 14.4. The molecule has 1 aliphatic rings. The number of para-hydroxylation sites is 1. The van der Waals surface area contributed by atoms with E-state index in [-0.39, 0.29) is 0 Å². The summed E-state index contributed by atoms with van der Waals surface area (Å²) in [5, 5.41) is 4.69. The van der Waals surface area contributed by atoms with Crippen molar-refractivity contribution >= 4 is 32.7 Å². The Labute approximate surface area is 319 Å². The van der Waals surface area contributed by atoms with E-state index < -0.39 is 5.41 Å². The predicted molar refractivity (Wildman–Crippen MR) is 226 cm³/mol. The van der Waals surface area contributed by atoms with Gasteiger partial charge in [-0.3, -0.25) is 0 Å². The molecule has 0 amide bonds. The maximum Gasteiger partial charge on any atom is 0.136 e. The zero-order chi connectivity index (χ0) is 36.3. The number of hydrogen-bond donors (Lipinski definition) is 0. The summed E-state index contributed by atoms with van der Waals surface area (Å²) in [6.45, 7) is 0. The van der Waals surface area contributed by atoms with Gasteiger partial charge < -0.3 is 9.15 Å². The van der Waals surface area contributed by atoms with Gasteiger partial charge in [0, 0.05) is 21.9 Å². The summed E-state index contributed by atoms with van der Waals surface area (Å²) in [5.74, 6) is 1.74. The molecule has 0 radical (unpaired) electrons. The van der Waals surface area contributed by atoms with Crippen molar-refractivity contribution in [2.24, 2.45) is 0 Å². The topological polar surface area (TPSA) is 22.4 Å². The standard InChI is InChI=1S/C53H34O2/c1-3-17-42(18-4-1)53(43-19-5-2-6-20-43)46-22-9-10-23-48(46)54-51-34-41(29-30-47(51)53)38-16-11-15-37(31-38)35-25-27-36(28-26-35)44-21-12-24-49-52(44)45-32-39-13-7-8-14-40(39)33-50(45)55-49/h1-34H. The van der Waals surface area contributed by atoms with Crippen LogP contribution in [-0.4, -0.2) is 0 Å². The summed E-state index contributed by atoms with van der Waals surface area (Å²) in [4.78, 5) is 0. The number of furan rings is 1. The van der Waals surface area contributed by atoms with Crippen molar-refractivity contribution < 1.29 is 9.15 Å². The molecular weight excluding hydrogens is 669 g/mol. The van der Waals surface area contributed by atoms with Gasteiger partial charge in [-0.15, -0.1) is 0 Å². The van der Waals surface area contributed by atoms with Crippen molar-refractivity contribution in [3.05, 3.63) is 229 Å². The summed E-state index contributed by atoms with van der Waals surface area (Å²) in [6.07, 6.45) is 0. The van der Waals surface area contributed by atoms with E-state index in [1.165, 1.54) is 27.5 Å². The van der Waals surface area contributed by atoms with Crippen molar-refractivity contribution in [1.29, 1.82) is 0 Å². The lowest BCUT2D eigenvalue weighted by Crippen LogP contribution is -2.34. The van der Waals surface area contributed by atoms with E-state index in [9.17, 15) is 0 Å². The predicted octanol–water partition coefficient (Wildman–Crippen LogP) is 14.2. The summed E-state index contributed by atoms with van der Waals surface area (Å²) >= 11 is 0. The molecule has 55 heavy (non-hydrogen) atoms. The zero-order valence-corrected chi connectivity index (χ0v) is 29.9. The molecule has 0 unspecified atom stereocenters. The van der Waals surface area contributed by atoms with Crippen LogP contribution in [0.3, 0.4) is 0 Å². The Morgan fingerprint density at radius 2 is 0.927 bits per heavy atom. The lowest BCUT2D eigenvalue weighted by molar-refractivity contribution is 0.435. The third-order valence-corrected chi connectivity index (χ3v) is 11.4. The first-order chi connectivity index (χ1) is 27.2. The van der Waals surface area contributed by atoms with E-state index in [1.54, 1.807) is 0 Å². The average Bonchev–Trinajstić information content (AvgIpc) is 3.63. The van der Waals surface area contributed by atoms with Crippen LogP contribution in [0.15, 0.2) is 211 Å². The molecule has 0 aliphatic carbocycles. The lowest BCUT2D eigenvalue weighted by Gasteiger charge is -2.41. The number of hydrogen-bond acceptors (Lipinski definition) is 2. The van der Waals surface area contributed by atoms with Crippen molar-refractivity contribution in [2.75, 3.05) is 0 Å². The van der Waals surface area contributed by atoms with Crippen LogP contribution in [0.5, 0.6) is 11.5 Å². The van der Waals surface area contributed by atoms with Gasteiger partial charge in [0.05, 0.1) is 5.41 Å². The number of ether oxygens (including phenoxy) is 1. The SMILES string of the molecule is c1ccc(C2(c3ccccc3)c3ccccc3Oc3cc(-c4cccc(-c5ccc(-c6cccc7oc8cc9ccccc9cc8c67)cc5)c4)ccc32)cc1. The molecule has 2 nitrogen and oxygen atoms in total. The van der Waals surface area contributed by atoms with E-state index in [1.807, 2.05) is 0 Å².